The van der Waals surface area contributed by atoms with E-state index in [1.807, 2.05) is 0 Å². The van der Waals surface area contributed by atoms with Crippen molar-refractivity contribution >= 4 is 0 Å². The summed E-state index contributed by atoms with van der Waals surface area (Å²) in [5, 5.41) is 7.89. The maximum atomic E-state index is 8.11. The number of hydrogen-bond acceptors (Lipinski definition) is 3. The van der Waals surface area contributed by atoms with Gasteiger partial charge in [0.2, 0.25) is 0 Å². The lowest BCUT2D eigenvalue weighted by Crippen LogP contribution is -2.05. The van der Waals surface area contributed by atoms with Gasteiger partial charge in [0.15, 0.2) is 5.34 Å². The van der Waals surface area contributed by atoms with Gasteiger partial charge in [0.25, 0.3) is 0 Å². The highest BCUT2D eigenvalue weighted by molar-refractivity contribution is 4.38. The summed E-state index contributed by atoms with van der Waals surface area (Å²) in [5.74, 6) is 0.662. The first-order valence-corrected chi connectivity index (χ1v) is 2.35. The Kier molecular flexibility index (Phi) is 12.5. The molecule has 0 unspecified atom stereocenters. The molecule has 0 radical (unpaired) electrons. The van der Waals surface area contributed by atoms with Crippen LogP contribution in [0.4, 0.5) is 0 Å². The molecule has 3 N–H and O–H groups in total. The summed E-state index contributed by atoms with van der Waals surface area (Å²) in [5.41, 5.74) is 5.17. The second-order valence-electron chi connectivity index (χ2n) is 1.71. The Balaban J connectivity index is 0. The third-order valence-corrected chi connectivity index (χ3v) is 0.471. The van der Waals surface area contributed by atoms with Gasteiger partial charge >= 0.3 is 0 Å². The Morgan fingerprint density at radius 3 is 1.88 bits per heavy atom. The first-order valence-electron chi connectivity index (χ1n) is 2.35. The van der Waals surface area contributed by atoms with Gasteiger partial charge in [-0.05, 0) is 12.5 Å². The van der Waals surface area contributed by atoms with Crippen LogP contribution in [0.1, 0.15) is 13.8 Å². The van der Waals surface area contributed by atoms with Gasteiger partial charge in [0, 0.05) is 0 Å². The summed E-state index contributed by atoms with van der Waals surface area (Å²) in [4.78, 5) is 8.11. The highest BCUT2D eigenvalue weighted by atomic mass is 16.6. The minimum absolute atomic E-state index is 0.662. The van der Waals surface area contributed by atoms with Crippen molar-refractivity contribution in [3.8, 4) is 0 Å². The van der Waals surface area contributed by atoms with Crippen molar-refractivity contribution in [3.05, 3.63) is 4.91 Å². The van der Waals surface area contributed by atoms with Crippen molar-refractivity contribution in [2.75, 3.05) is 6.54 Å². The molecule has 0 aliphatic carbocycles. The van der Waals surface area contributed by atoms with E-state index in [1.165, 1.54) is 5.34 Å². The summed E-state index contributed by atoms with van der Waals surface area (Å²) >= 11 is 0. The van der Waals surface area contributed by atoms with Gasteiger partial charge in [-0.15, -0.1) is 4.91 Å². The lowest BCUT2D eigenvalue weighted by Gasteiger charge is -1.91. The number of rotatable bonds is 1. The van der Waals surface area contributed by atoms with Gasteiger partial charge in [0.05, 0.1) is 0 Å². The lowest BCUT2D eigenvalue weighted by atomic mass is 10.2. The molecule has 0 saturated carbocycles. The van der Waals surface area contributed by atoms with Crippen molar-refractivity contribution in [2.24, 2.45) is 17.0 Å². The molecule has 0 aliphatic rings. The molecule has 0 fully saturated rings. The molecule has 0 bridgehead atoms. The van der Waals surface area contributed by atoms with Crippen molar-refractivity contribution < 1.29 is 5.21 Å². The van der Waals surface area contributed by atoms with Gasteiger partial charge in [-0.25, -0.2) is 0 Å². The summed E-state index contributed by atoms with van der Waals surface area (Å²) in [7, 11) is 0. The van der Waals surface area contributed by atoms with Crippen LogP contribution >= 0.6 is 0 Å². The zero-order valence-electron chi connectivity index (χ0n) is 5.16. The minimum atomic E-state index is 0.662. The smallest absolute Gasteiger partial charge is 0.152 e. The van der Waals surface area contributed by atoms with Crippen LogP contribution in [0, 0.1) is 10.8 Å². The third kappa shape index (κ3) is 55.1. The average molecular weight is 120 g/mol. The fourth-order valence-electron chi connectivity index (χ4n) is 0. The average Bonchev–Trinajstić information content (AvgIpc) is 1.69. The molecule has 0 aromatic carbocycles. The van der Waals surface area contributed by atoms with Crippen LogP contribution in [0.25, 0.3) is 0 Å². The van der Waals surface area contributed by atoms with E-state index in [2.05, 4.69) is 13.8 Å². The molecule has 0 aliphatic heterocycles. The molecule has 0 heterocycles. The van der Waals surface area contributed by atoms with Crippen LogP contribution in [0.5, 0.6) is 0 Å². The summed E-state index contributed by atoms with van der Waals surface area (Å²) < 4.78 is 0. The molecule has 0 saturated heterocycles. The van der Waals surface area contributed by atoms with Gasteiger partial charge in [-0.1, -0.05) is 13.8 Å². The van der Waals surface area contributed by atoms with Crippen LogP contribution < -0.4 is 5.73 Å². The predicted octanol–water partition coefficient (Wildman–Crippen LogP) is 0.743. The van der Waals surface area contributed by atoms with E-state index in [1.54, 1.807) is 0 Å². The largest absolute Gasteiger partial charge is 0.379 e. The highest BCUT2D eigenvalue weighted by Crippen LogP contribution is 1.81. The molecule has 8 heavy (non-hydrogen) atoms. The Labute approximate surface area is 48.6 Å². The first kappa shape index (κ1) is 10.4. The fourth-order valence-corrected chi connectivity index (χ4v) is 0. The molecule has 50 valence electrons. The Morgan fingerprint density at radius 1 is 1.75 bits per heavy atom. The monoisotopic (exact) mass is 120 g/mol. The van der Waals surface area contributed by atoms with Crippen LogP contribution in [-0.2, 0) is 0 Å². The van der Waals surface area contributed by atoms with Crippen LogP contribution in [0.2, 0.25) is 0 Å². The van der Waals surface area contributed by atoms with E-state index in [4.69, 9.17) is 15.8 Å². The van der Waals surface area contributed by atoms with E-state index in [-0.39, 0.29) is 0 Å². The number of nitrogens with zero attached hydrogens (tertiary/aromatic N) is 1. The second-order valence-corrected chi connectivity index (χ2v) is 1.71. The van der Waals surface area contributed by atoms with E-state index in [0.717, 1.165) is 6.54 Å². The Morgan fingerprint density at radius 2 is 1.88 bits per heavy atom. The maximum absolute atomic E-state index is 8.11. The van der Waals surface area contributed by atoms with Crippen molar-refractivity contribution in [3.63, 3.8) is 0 Å². The zero-order valence-corrected chi connectivity index (χ0v) is 5.16. The fraction of sp³-hybridized carbons (Fsp3) is 1.00. The standard InChI is InChI=1S/C4H11N.HNO2/c1-4(2)3-5;2-1-3/h4H,3,5H2,1-2H3;(H,2,3). The minimum Gasteiger partial charge on any atom is -0.379 e. The Hall–Kier alpha value is -0.640. The van der Waals surface area contributed by atoms with Gasteiger partial charge < -0.3 is 10.9 Å². The molecular formula is C4H12N2O2. The van der Waals surface area contributed by atoms with E-state index in [0.29, 0.717) is 5.92 Å². The molecule has 0 spiro atoms. The zero-order chi connectivity index (χ0) is 6.99. The molecule has 0 aromatic rings. The SMILES string of the molecule is CC(C)CN.O=NO. The lowest BCUT2D eigenvalue weighted by molar-refractivity contribution is 0.312. The first-order chi connectivity index (χ1) is 3.68. The predicted molar refractivity (Wildman–Crippen MR) is 31.5 cm³/mol. The van der Waals surface area contributed by atoms with Crippen molar-refractivity contribution in [1.29, 1.82) is 0 Å². The van der Waals surface area contributed by atoms with E-state index >= 15 is 0 Å². The van der Waals surface area contributed by atoms with Crippen molar-refractivity contribution in [2.45, 2.75) is 13.8 Å². The topological polar surface area (TPSA) is 75.7 Å². The van der Waals surface area contributed by atoms with Crippen molar-refractivity contribution in [1.82, 2.24) is 0 Å². The molecule has 4 heteroatoms. The molecule has 0 rings (SSSR count). The molecule has 0 atom stereocenters. The van der Waals surface area contributed by atoms with Crippen LogP contribution in [0.3, 0.4) is 0 Å². The molecule has 4 nitrogen and oxygen atoms in total. The molecular weight excluding hydrogens is 108 g/mol. The summed E-state index contributed by atoms with van der Waals surface area (Å²) in [6, 6.07) is 0. The second kappa shape index (κ2) is 9.61. The number of nitrogens with two attached hydrogens (primary N) is 1. The van der Waals surface area contributed by atoms with Crippen LogP contribution in [0.15, 0.2) is 5.34 Å². The van der Waals surface area contributed by atoms with E-state index < -0.39 is 0 Å². The molecule has 0 aromatic heterocycles. The van der Waals surface area contributed by atoms with Gasteiger partial charge in [-0.3, -0.25) is 0 Å². The highest BCUT2D eigenvalue weighted by Gasteiger charge is 1.80. The summed E-state index contributed by atoms with van der Waals surface area (Å²) in [6.45, 7) is 5.00. The van der Waals surface area contributed by atoms with Gasteiger partial charge in [0.1, 0.15) is 0 Å². The normalized spacial score (nSPS) is 7.50. The summed E-state index contributed by atoms with van der Waals surface area (Å²) in [6.07, 6.45) is 0. The van der Waals surface area contributed by atoms with Crippen LogP contribution in [-0.4, -0.2) is 11.8 Å². The maximum Gasteiger partial charge on any atom is 0.152 e. The Bertz CT molecular complexity index is 47.3. The van der Waals surface area contributed by atoms with Gasteiger partial charge in [-0.2, -0.15) is 0 Å². The van der Waals surface area contributed by atoms with E-state index in [9.17, 15) is 0 Å². The molecule has 0 amide bonds. The number of hydrogen-bond donors (Lipinski definition) is 2. The third-order valence-electron chi connectivity index (χ3n) is 0.471. The quantitative estimate of drug-likeness (QED) is 0.396.